The van der Waals surface area contributed by atoms with Crippen LogP contribution in [0.4, 0.5) is 13.2 Å². The van der Waals surface area contributed by atoms with Gasteiger partial charge in [-0.05, 0) is 32.9 Å². The Hall–Kier alpha value is -1.46. The van der Waals surface area contributed by atoms with E-state index in [4.69, 9.17) is 9.05 Å². The molecule has 0 aliphatic rings. The molecule has 8 nitrogen and oxygen atoms in total. The Labute approximate surface area is 160 Å². The first-order valence-corrected chi connectivity index (χ1v) is 11.2. The molecule has 0 spiro atoms. The second kappa shape index (κ2) is 9.36. The van der Waals surface area contributed by atoms with E-state index in [1.54, 1.807) is 0 Å². The van der Waals surface area contributed by atoms with Gasteiger partial charge in [0.2, 0.25) is 10.0 Å². The third-order valence-corrected chi connectivity index (χ3v) is 7.51. The highest BCUT2D eigenvalue weighted by Crippen LogP contribution is 2.65. The molecular formula is C15H21F3NO7PS. The number of benzene rings is 1. The van der Waals surface area contributed by atoms with Gasteiger partial charge in [-0.25, -0.2) is 13.2 Å². The van der Waals surface area contributed by atoms with Crippen molar-refractivity contribution in [3.05, 3.63) is 30.3 Å². The molecule has 1 N–H and O–H groups in total. The maximum Gasteiger partial charge on any atom is 0.430 e. The molecule has 28 heavy (non-hydrogen) atoms. The van der Waals surface area contributed by atoms with Crippen LogP contribution >= 0.6 is 7.60 Å². The number of esters is 1. The summed E-state index contributed by atoms with van der Waals surface area (Å²) in [6, 6.07) is 5.96. The Kier molecular flexibility index (Phi) is 8.21. The minimum absolute atomic E-state index is 0.540. The summed E-state index contributed by atoms with van der Waals surface area (Å²) >= 11 is 0. The predicted molar refractivity (Wildman–Crippen MR) is 93.0 cm³/mol. The molecule has 1 atom stereocenters. The fraction of sp³-hybridized carbons (Fsp3) is 0.533. The molecule has 0 unspecified atom stereocenters. The summed E-state index contributed by atoms with van der Waals surface area (Å²) in [4.78, 5) is 11.8. The van der Waals surface area contributed by atoms with Gasteiger partial charge in [-0.1, -0.05) is 18.2 Å². The van der Waals surface area contributed by atoms with Gasteiger partial charge in [0, 0.05) is 0 Å². The highest BCUT2D eigenvalue weighted by Gasteiger charge is 2.76. The Morgan fingerprint density at radius 1 is 1.04 bits per heavy atom. The van der Waals surface area contributed by atoms with Crippen molar-refractivity contribution in [2.75, 3.05) is 19.8 Å². The van der Waals surface area contributed by atoms with E-state index in [2.05, 4.69) is 4.74 Å². The number of halogens is 3. The van der Waals surface area contributed by atoms with Crippen LogP contribution in [0, 0.1) is 0 Å². The lowest BCUT2D eigenvalue weighted by Crippen LogP contribution is -2.64. The van der Waals surface area contributed by atoms with Crippen LogP contribution in [0.2, 0.25) is 0 Å². The van der Waals surface area contributed by atoms with Crippen molar-refractivity contribution in [1.29, 1.82) is 0 Å². The van der Waals surface area contributed by atoms with Gasteiger partial charge < -0.3 is 13.8 Å². The lowest BCUT2D eigenvalue weighted by atomic mass is 10.3. The molecule has 0 aliphatic heterocycles. The molecule has 0 saturated heterocycles. The Balaban J connectivity index is 3.79. The van der Waals surface area contributed by atoms with Gasteiger partial charge in [0.15, 0.2) is 0 Å². The van der Waals surface area contributed by atoms with Crippen LogP contribution in [-0.4, -0.2) is 45.7 Å². The van der Waals surface area contributed by atoms with Gasteiger partial charge in [0.25, 0.3) is 0 Å². The minimum Gasteiger partial charge on any atom is -0.464 e. The topological polar surface area (TPSA) is 108 Å². The number of hydrogen-bond donors (Lipinski definition) is 1. The van der Waals surface area contributed by atoms with E-state index in [1.165, 1.54) is 43.7 Å². The fourth-order valence-corrected chi connectivity index (χ4v) is 5.97. The molecule has 0 radical (unpaired) electrons. The first-order chi connectivity index (χ1) is 12.9. The standard InChI is InChI=1S/C15H21F3NO7PS/c1-4-24-13(20)14(15(16,17)18,27(21,25-5-2)26-6-3)19-28(22,23)12-10-8-7-9-11-12/h7-11,19H,4-6H2,1-3H3/t14-/m1/s1. The van der Waals surface area contributed by atoms with Crippen molar-refractivity contribution in [1.82, 2.24) is 4.72 Å². The van der Waals surface area contributed by atoms with Gasteiger partial charge >= 0.3 is 25.0 Å². The second-order valence-electron chi connectivity index (χ2n) is 5.18. The van der Waals surface area contributed by atoms with Gasteiger partial charge in [-0.2, -0.15) is 17.9 Å². The number of carbonyl (C=O) groups excluding carboxylic acids is 1. The molecule has 0 aromatic heterocycles. The molecule has 13 heteroatoms. The SMILES string of the molecule is CCOC(=O)[C@](NS(=O)(=O)c1ccccc1)(C(F)(F)F)P(=O)(OCC)OCC. The summed E-state index contributed by atoms with van der Waals surface area (Å²) in [5, 5.41) is -4.29. The minimum atomic E-state index is -5.72. The van der Waals surface area contributed by atoms with Crippen LogP contribution in [0.15, 0.2) is 35.2 Å². The van der Waals surface area contributed by atoms with Crippen molar-refractivity contribution in [3.8, 4) is 0 Å². The molecule has 0 heterocycles. The normalized spacial score (nSPS) is 15.1. The Bertz CT molecular complexity index is 807. The van der Waals surface area contributed by atoms with Crippen LogP contribution in [0.1, 0.15) is 20.8 Å². The lowest BCUT2D eigenvalue weighted by molar-refractivity contribution is -0.194. The van der Waals surface area contributed by atoms with Gasteiger partial charge in [-0.15, -0.1) is 0 Å². The second-order valence-corrected chi connectivity index (χ2v) is 9.04. The number of carbonyl (C=O) groups is 1. The average Bonchev–Trinajstić information content (AvgIpc) is 2.60. The highest BCUT2D eigenvalue weighted by molar-refractivity contribution is 7.90. The van der Waals surface area contributed by atoms with Crippen molar-refractivity contribution in [2.24, 2.45) is 0 Å². The number of sulfonamides is 1. The van der Waals surface area contributed by atoms with E-state index in [0.717, 1.165) is 12.1 Å². The lowest BCUT2D eigenvalue weighted by Gasteiger charge is -2.37. The first-order valence-electron chi connectivity index (χ1n) is 8.14. The molecule has 1 aromatic rings. The monoisotopic (exact) mass is 447 g/mol. The molecule has 0 fully saturated rings. The van der Waals surface area contributed by atoms with E-state index < -0.39 is 59.8 Å². The van der Waals surface area contributed by atoms with E-state index in [0.29, 0.717) is 0 Å². The largest absolute Gasteiger partial charge is 0.464 e. The number of alkyl halides is 3. The number of rotatable bonds is 10. The Morgan fingerprint density at radius 2 is 1.54 bits per heavy atom. The summed E-state index contributed by atoms with van der Waals surface area (Å²) in [6.07, 6.45) is -5.72. The van der Waals surface area contributed by atoms with Crippen LogP contribution in [0.3, 0.4) is 0 Å². The van der Waals surface area contributed by atoms with Gasteiger partial charge in [-0.3, -0.25) is 4.57 Å². The maximum atomic E-state index is 14.2. The summed E-state index contributed by atoms with van der Waals surface area (Å²) in [5.41, 5.74) is 0. The zero-order valence-corrected chi connectivity index (χ0v) is 17.1. The van der Waals surface area contributed by atoms with Crippen molar-refractivity contribution >= 4 is 23.6 Å². The van der Waals surface area contributed by atoms with Gasteiger partial charge in [0.1, 0.15) is 0 Å². The third-order valence-electron chi connectivity index (χ3n) is 3.33. The van der Waals surface area contributed by atoms with Crippen LogP contribution in [0.25, 0.3) is 0 Å². The fourth-order valence-electron chi connectivity index (χ4n) is 2.20. The zero-order valence-electron chi connectivity index (χ0n) is 15.4. The van der Waals surface area contributed by atoms with Crippen LogP contribution < -0.4 is 4.72 Å². The van der Waals surface area contributed by atoms with Crippen molar-refractivity contribution < 1.29 is 44.7 Å². The quantitative estimate of drug-likeness (QED) is 0.434. The van der Waals surface area contributed by atoms with Crippen LogP contribution in [-0.2, 0) is 33.2 Å². The van der Waals surface area contributed by atoms with E-state index in [1.807, 2.05) is 0 Å². The smallest absolute Gasteiger partial charge is 0.430 e. The first kappa shape index (κ1) is 24.6. The number of nitrogens with one attached hydrogen (secondary N) is 1. The summed E-state index contributed by atoms with van der Waals surface area (Å²) in [7, 11) is -10.5. The summed E-state index contributed by atoms with van der Waals surface area (Å²) in [5.74, 6) is -2.15. The maximum absolute atomic E-state index is 14.2. The van der Waals surface area contributed by atoms with E-state index in [-0.39, 0.29) is 0 Å². The number of hydrogen-bond acceptors (Lipinski definition) is 7. The van der Waals surface area contributed by atoms with Crippen molar-refractivity contribution in [3.63, 3.8) is 0 Å². The van der Waals surface area contributed by atoms with Gasteiger partial charge in [0.05, 0.1) is 24.7 Å². The molecule has 160 valence electrons. The number of ether oxygens (including phenoxy) is 1. The molecular weight excluding hydrogens is 426 g/mol. The van der Waals surface area contributed by atoms with E-state index >= 15 is 0 Å². The zero-order chi connectivity index (χ0) is 21.6. The highest BCUT2D eigenvalue weighted by atomic mass is 32.2. The molecule has 0 amide bonds. The molecule has 0 bridgehead atoms. The molecule has 1 rings (SSSR count). The molecule has 1 aromatic carbocycles. The van der Waals surface area contributed by atoms with E-state index in [9.17, 15) is 30.9 Å². The molecule has 0 saturated carbocycles. The average molecular weight is 447 g/mol. The molecule has 0 aliphatic carbocycles. The summed E-state index contributed by atoms with van der Waals surface area (Å²) in [6.45, 7) is 1.98. The summed E-state index contributed by atoms with van der Waals surface area (Å²) < 4.78 is 95.9. The predicted octanol–water partition coefficient (Wildman–Crippen LogP) is 3.05. The Morgan fingerprint density at radius 3 is 1.93 bits per heavy atom. The van der Waals surface area contributed by atoms with Crippen molar-refractivity contribution in [2.45, 2.75) is 37.1 Å². The third kappa shape index (κ3) is 4.74. The van der Waals surface area contributed by atoms with Crippen LogP contribution in [0.5, 0.6) is 0 Å².